The average molecular weight is 327 g/mol. The highest BCUT2D eigenvalue weighted by molar-refractivity contribution is 5.97. The zero-order valence-corrected chi connectivity index (χ0v) is 13.6. The number of ether oxygens (including phenoxy) is 2. The summed E-state index contributed by atoms with van der Waals surface area (Å²) in [6.07, 6.45) is 0. The van der Waals surface area contributed by atoms with Crippen LogP contribution in [0.4, 0.5) is 0 Å². The molecule has 2 atom stereocenters. The van der Waals surface area contributed by atoms with Crippen molar-refractivity contribution in [2.75, 3.05) is 46.5 Å². The number of hydrogen-bond acceptors (Lipinski definition) is 4. The van der Waals surface area contributed by atoms with Gasteiger partial charge in [-0.3, -0.25) is 4.79 Å². The number of nitrogens with one attached hydrogen (secondary N) is 1. The van der Waals surface area contributed by atoms with Crippen molar-refractivity contribution in [3.05, 3.63) is 29.8 Å². The molecule has 5 nitrogen and oxygen atoms in total. The van der Waals surface area contributed by atoms with Crippen LogP contribution >= 0.6 is 12.4 Å². The standard InChI is InChI=1S/C16H22N2O3.ClH/c1-20-6-7-21-15-5-3-2-4-14(15)16(19)18-10-12-8-17-9-13(12)11-18;/h2-5,12-13,17H,6-11H2,1H3;1H/t12-,13+;. The van der Waals surface area contributed by atoms with Crippen molar-refractivity contribution >= 4 is 18.3 Å². The van der Waals surface area contributed by atoms with Crippen LogP contribution in [0.3, 0.4) is 0 Å². The van der Waals surface area contributed by atoms with Crippen molar-refractivity contribution in [3.8, 4) is 5.75 Å². The maximum absolute atomic E-state index is 12.7. The van der Waals surface area contributed by atoms with Crippen LogP contribution in [0.25, 0.3) is 0 Å². The number of carbonyl (C=O) groups excluding carboxylic acids is 1. The van der Waals surface area contributed by atoms with Crippen LogP contribution in [-0.4, -0.2) is 57.3 Å². The fourth-order valence-corrected chi connectivity index (χ4v) is 3.20. The van der Waals surface area contributed by atoms with E-state index < -0.39 is 0 Å². The maximum Gasteiger partial charge on any atom is 0.257 e. The van der Waals surface area contributed by atoms with Crippen molar-refractivity contribution in [2.24, 2.45) is 11.8 Å². The van der Waals surface area contributed by atoms with E-state index in [1.54, 1.807) is 7.11 Å². The Balaban J connectivity index is 0.00000176. The van der Waals surface area contributed by atoms with Gasteiger partial charge in [0.1, 0.15) is 12.4 Å². The number of nitrogens with zero attached hydrogens (tertiary/aromatic N) is 1. The first kappa shape index (κ1) is 17.1. The molecule has 0 unspecified atom stereocenters. The normalized spacial score (nSPS) is 23.0. The van der Waals surface area contributed by atoms with Crippen LogP contribution in [0.5, 0.6) is 5.75 Å². The van der Waals surface area contributed by atoms with Gasteiger partial charge in [-0.1, -0.05) is 12.1 Å². The van der Waals surface area contributed by atoms with E-state index in [4.69, 9.17) is 9.47 Å². The van der Waals surface area contributed by atoms with Gasteiger partial charge in [-0.25, -0.2) is 0 Å². The van der Waals surface area contributed by atoms with Crippen molar-refractivity contribution < 1.29 is 14.3 Å². The molecule has 2 aliphatic rings. The van der Waals surface area contributed by atoms with Gasteiger partial charge >= 0.3 is 0 Å². The molecule has 0 aromatic heterocycles. The third-order valence-electron chi connectivity index (χ3n) is 4.34. The zero-order valence-electron chi connectivity index (χ0n) is 12.8. The second-order valence-electron chi connectivity index (χ2n) is 5.73. The van der Waals surface area contributed by atoms with Gasteiger partial charge in [0, 0.05) is 33.3 Å². The van der Waals surface area contributed by atoms with Gasteiger partial charge in [0.25, 0.3) is 5.91 Å². The first-order valence-corrected chi connectivity index (χ1v) is 7.50. The number of hydrogen-bond donors (Lipinski definition) is 1. The topological polar surface area (TPSA) is 50.8 Å². The van der Waals surface area contributed by atoms with Crippen LogP contribution in [0, 0.1) is 11.8 Å². The van der Waals surface area contributed by atoms with Gasteiger partial charge in [-0.15, -0.1) is 12.4 Å². The van der Waals surface area contributed by atoms with Crippen molar-refractivity contribution in [1.29, 1.82) is 0 Å². The van der Waals surface area contributed by atoms with Crippen molar-refractivity contribution in [1.82, 2.24) is 10.2 Å². The van der Waals surface area contributed by atoms with Crippen LogP contribution in [0.15, 0.2) is 24.3 Å². The Kier molecular flexibility index (Phi) is 6.06. The number of para-hydroxylation sites is 1. The summed E-state index contributed by atoms with van der Waals surface area (Å²) < 4.78 is 10.7. The number of halogens is 1. The molecule has 0 bridgehead atoms. The molecule has 2 heterocycles. The fraction of sp³-hybridized carbons (Fsp3) is 0.562. The summed E-state index contributed by atoms with van der Waals surface area (Å²) in [6.45, 7) is 4.73. The molecular formula is C16H23ClN2O3. The van der Waals surface area contributed by atoms with E-state index in [1.165, 1.54) is 0 Å². The van der Waals surface area contributed by atoms with E-state index in [1.807, 2.05) is 29.2 Å². The lowest BCUT2D eigenvalue weighted by atomic mass is 10.0. The summed E-state index contributed by atoms with van der Waals surface area (Å²) in [5.41, 5.74) is 0.654. The third kappa shape index (κ3) is 3.54. The van der Waals surface area contributed by atoms with Gasteiger partial charge in [0.15, 0.2) is 0 Å². The number of carbonyl (C=O) groups is 1. The van der Waals surface area contributed by atoms with Crippen LogP contribution in [0.1, 0.15) is 10.4 Å². The molecule has 2 aliphatic heterocycles. The number of methoxy groups -OCH3 is 1. The molecule has 1 aromatic carbocycles. The molecule has 2 saturated heterocycles. The minimum atomic E-state index is 0. The Morgan fingerprint density at radius 3 is 2.59 bits per heavy atom. The Bertz CT molecular complexity index is 500. The minimum absolute atomic E-state index is 0. The molecule has 0 spiro atoms. The molecule has 122 valence electrons. The highest BCUT2D eigenvalue weighted by Gasteiger charge is 2.38. The summed E-state index contributed by atoms with van der Waals surface area (Å²) in [4.78, 5) is 14.7. The summed E-state index contributed by atoms with van der Waals surface area (Å²) >= 11 is 0. The van der Waals surface area contributed by atoms with Crippen LogP contribution in [-0.2, 0) is 4.74 Å². The first-order chi connectivity index (χ1) is 10.3. The predicted octanol–water partition coefficient (Wildman–Crippen LogP) is 1.42. The molecule has 0 aliphatic carbocycles. The van der Waals surface area contributed by atoms with Gasteiger partial charge in [-0.05, 0) is 24.0 Å². The van der Waals surface area contributed by atoms with Gasteiger partial charge in [0.05, 0.1) is 12.2 Å². The minimum Gasteiger partial charge on any atom is -0.490 e. The van der Waals surface area contributed by atoms with E-state index in [9.17, 15) is 4.79 Å². The largest absolute Gasteiger partial charge is 0.490 e. The summed E-state index contributed by atoms with van der Waals surface area (Å²) in [6, 6.07) is 7.47. The molecule has 2 fully saturated rings. The quantitative estimate of drug-likeness (QED) is 0.832. The van der Waals surface area contributed by atoms with Crippen LogP contribution < -0.4 is 10.1 Å². The summed E-state index contributed by atoms with van der Waals surface area (Å²) in [7, 11) is 1.64. The molecule has 22 heavy (non-hydrogen) atoms. The van der Waals surface area contributed by atoms with E-state index in [0.29, 0.717) is 36.4 Å². The monoisotopic (exact) mass is 326 g/mol. The SMILES string of the molecule is COCCOc1ccccc1C(=O)N1C[C@H]2CNC[C@H]2C1.Cl. The molecule has 3 rings (SSSR count). The number of fused-ring (bicyclic) bond motifs is 1. The summed E-state index contributed by atoms with van der Waals surface area (Å²) in [5.74, 6) is 1.94. The van der Waals surface area contributed by atoms with E-state index in [-0.39, 0.29) is 18.3 Å². The number of amides is 1. The molecule has 1 amide bonds. The second-order valence-corrected chi connectivity index (χ2v) is 5.73. The maximum atomic E-state index is 12.7. The zero-order chi connectivity index (χ0) is 14.7. The first-order valence-electron chi connectivity index (χ1n) is 7.50. The highest BCUT2D eigenvalue weighted by Crippen LogP contribution is 2.29. The summed E-state index contributed by atoms with van der Waals surface area (Å²) in [5, 5.41) is 3.39. The number of rotatable bonds is 5. The van der Waals surface area contributed by atoms with Crippen molar-refractivity contribution in [3.63, 3.8) is 0 Å². The Hall–Kier alpha value is -1.30. The molecule has 1 N–H and O–H groups in total. The fourth-order valence-electron chi connectivity index (χ4n) is 3.20. The van der Waals surface area contributed by atoms with Gasteiger partial charge < -0.3 is 19.7 Å². The van der Waals surface area contributed by atoms with Gasteiger partial charge in [0.2, 0.25) is 0 Å². The Morgan fingerprint density at radius 2 is 1.91 bits per heavy atom. The smallest absolute Gasteiger partial charge is 0.257 e. The Morgan fingerprint density at radius 1 is 1.23 bits per heavy atom. The lowest BCUT2D eigenvalue weighted by Gasteiger charge is -2.19. The van der Waals surface area contributed by atoms with E-state index >= 15 is 0 Å². The molecule has 1 aromatic rings. The number of benzene rings is 1. The highest BCUT2D eigenvalue weighted by atomic mass is 35.5. The predicted molar refractivity (Wildman–Crippen MR) is 86.8 cm³/mol. The van der Waals surface area contributed by atoms with Crippen molar-refractivity contribution in [2.45, 2.75) is 0 Å². The third-order valence-corrected chi connectivity index (χ3v) is 4.34. The van der Waals surface area contributed by atoms with E-state index in [2.05, 4.69) is 5.32 Å². The average Bonchev–Trinajstić information content (AvgIpc) is 3.08. The molecule has 0 saturated carbocycles. The lowest BCUT2D eigenvalue weighted by molar-refractivity contribution is 0.0774. The number of likely N-dealkylation sites (tertiary alicyclic amines) is 1. The Labute approximate surface area is 137 Å². The van der Waals surface area contributed by atoms with Gasteiger partial charge in [-0.2, -0.15) is 0 Å². The molecule has 0 radical (unpaired) electrons. The van der Waals surface area contributed by atoms with Crippen LogP contribution in [0.2, 0.25) is 0 Å². The second kappa shape index (κ2) is 7.81. The lowest BCUT2D eigenvalue weighted by Crippen LogP contribution is -2.32. The molecular weight excluding hydrogens is 304 g/mol. The van der Waals surface area contributed by atoms with E-state index in [0.717, 1.165) is 26.2 Å². The molecule has 6 heteroatoms.